The maximum absolute atomic E-state index is 11.7. The first-order valence-electron chi connectivity index (χ1n) is 8.67. The summed E-state index contributed by atoms with van der Waals surface area (Å²) in [6.45, 7) is 5.99. The van der Waals surface area contributed by atoms with Crippen LogP contribution in [0.5, 0.6) is 11.5 Å². The van der Waals surface area contributed by atoms with Crippen molar-refractivity contribution >= 4 is 17.5 Å². The summed E-state index contributed by atoms with van der Waals surface area (Å²) in [7, 11) is 0. The minimum Gasteiger partial charge on any atom is -0.462 e. The van der Waals surface area contributed by atoms with Gasteiger partial charge in [0, 0.05) is 23.6 Å². The fourth-order valence-corrected chi connectivity index (χ4v) is 2.50. The molecule has 0 bridgehead atoms. The molecule has 0 radical (unpaired) electrons. The lowest BCUT2D eigenvalue weighted by Crippen LogP contribution is -2.04. The third kappa shape index (κ3) is 4.82. The van der Waals surface area contributed by atoms with Crippen LogP contribution in [0.15, 0.2) is 54.7 Å². The largest absolute Gasteiger partial charge is 0.462 e. The zero-order valence-electron chi connectivity index (χ0n) is 15.5. The summed E-state index contributed by atoms with van der Waals surface area (Å²) in [5.41, 5.74) is 3.09. The van der Waals surface area contributed by atoms with Crippen LogP contribution in [0.3, 0.4) is 0 Å². The smallest absolute Gasteiger partial charge is 0.338 e. The quantitative estimate of drug-likeness (QED) is 0.634. The molecule has 0 aliphatic rings. The average molecular weight is 363 g/mol. The predicted molar refractivity (Wildman–Crippen MR) is 104 cm³/mol. The summed E-state index contributed by atoms with van der Waals surface area (Å²) in [5, 5.41) is 3.19. The number of carbonyl (C=O) groups excluding carboxylic acids is 1. The Morgan fingerprint density at radius 1 is 1.07 bits per heavy atom. The summed E-state index contributed by atoms with van der Waals surface area (Å²) in [5.74, 6) is 1.66. The highest BCUT2D eigenvalue weighted by Gasteiger charge is 2.07. The molecular formula is C21H21N3O3. The molecule has 0 fully saturated rings. The number of hydrogen-bond acceptors (Lipinski definition) is 6. The average Bonchev–Trinajstić information content (AvgIpc) is 2.65. The van der Waals surface area contributed by atoms with Gasteiger partial charge in [-0.1, -0.05) is 0 Å². The summed E-state index contributed by atoms with van der Waals surface area (Å²) in [4.78, 5) is 20.4. The maximum Gasteiger partial charge on any atom is 0.338 e. The lowest BCUT2D eigenvalue weighted by atomic mass is 10.2. The SMILES string of the molecule is CCOC(=O)c1ccc(Nc2cc(Oc3ccc(C)nc3C)ccn2)cc1. The molecule has 0 atom stereocenters. The van der Waals surface area contributed by atoms with Crippen LogP contribution in [0, 0.1) is 13.8 Å². The van der Waals surface area contributed by atoms with Gasteiger partial charge in [-0.25, -0.2) is 9.78 Å². The van der Waals surface area contributed by atoms with E-state index < -0.39 is 0 Å². The monoisotopic (exact) mass is 363 g/mol. The zero-order valence-corrected chi connectivity index (χ0v) is 15.5. The van der Waals surface area contributed by atoms with Gasteiger partial charge in [0.25, 0.3) is 0 Å². The standard InChI is InChI=1S/C21H21N3O3/c1-4-26-21(25)16-6-8-17(9-7-16)24-20-13-18(11-12-22-20)27-19-10-5-14(2)23-15(19)3/h5-13H,4H2,1-3H3,(H,22,24). The molecule has 2 aromatic heterocycles. The van der Waals surface area contributed by atoms with E-state index in [9.17, 15) is 4.79 Å². The molecule has 0 saturated carbocycles. The van der Waals surface area contributed by atoms with Crippen LogP contribution in [-0.2, 0) is 4.74 Å². The number of esters is 1. The summed E-state index contributed by atoms with van der Waals surface area (Å²) < 4.78 is 10.9. The lowest BCUT2D eigenvalue weighted by molar-refractivity contribution is 0.0526. The summed E-state index contributed by atoms with van der Waals surface area (Å²) >= 11 is 0. The lowest BCUT2D eigenvalue weighted by Gasteiger charge is -2.11. The Kier molecular flexibility index (Phi) is 5.66. The fourth-order valence-electron chi connectivity index (χ4n) is 2.50. The number of anilines is 2. The van der Waals surface area contributed by atoms with E-state index in [1.165, 1.54) is 0 Å². The number of ether oxygens (including phenoxy) is 2. The third-order valence-corrected chi connectivity index (χ3v) is 3.80. The predicted octanol–water partition coefficient (Wildman–Crippen LogP) is 4.81. The van der Waals surface area contributed by atoms with Crippen LogP contribution in [0.25, 0.3) is 0 Å². The number of pyridine rings is 2. The van der Waals surface area contributed by atoms with Crippen molar-refractivity contribution in [3.63, 3.8) is 0 Å². The van der Waals surface area contributed by atoms with Crippen molar-refractivity contribution in [1.82, 2.24) is 9.97 Å². The maximum atomic E-state index is 11.7. The van der Waals surface area contributed by atoms with E-state index in [-0.39, 0.29) is 5.97 Å². The number of rotatable bonds is 6. The van der Waals surface area contributed by atoms with Crippen molar-refractivity contribution < 1.29 is 14.3 Å². The van der Waals surface area contributed by atoms with Gasteiger partial charge in [0.2, 0.25) is 0 Å². The number of benzene rings is 1. The van der Waals surface area contributed by atoms with Crippen molar-refractivity contribution in [3.8, 4) is 11.5 Å². The summed E-state index contributed by atoms with van der Waals surface area (Å²) in [6.07, 6.45) is 1.67. The topological polar surface area (TPSA) is 73.3 Å². The Hall–Kier alpha value is -3.41. The highest BCUT2D eigenvalue weighted by molar-refractivity contribution is 5.89. The number of nitrogens with one attached hydrogen (secondary N) is 1. The van der Waals surface area contributed by atoms with Crippen LogP contribution in [0.1, 0.15) is 28.7 Å². The van der Waals surface area contributed by atoms with Crippen LogP contribution in [0.4, 0.5) is 11.5 Å². The first-order chi connectivity index (χ1) is 13.0. The van der Waals surface area contributed by atoms with E-state index in [1.807, 2.05) is 26.0 Å². The molecule has 0 aliphatic carbocycles. The molecule has 2 heterocycles. The minimum absolute atomic E-state index is 0.334. The van der Waals surface area contributed by atoms with Gasteiger partial charge in [-0.05, 0) is 63.2 Å². The Morgan fingerprint density at radius 2 is 1.85 bits per heavy atom. The minimum atomic E-state index is -0.334. The van der Waals surface area contributed by atoms with Crippen LogP contribution < -0.4 is 10.1 Å². The first-order valence-corrected chi connectivity index (χ1v) is 8.67. The van der Waals surface area contributed by atoms with Crippen molar-refractivity contribution in [2.24, 2.45) is 0 Å². The van der Waals surface area contributed by atoms with Gasteiger partial charge in [-0.15, -0.1) is 0 Å². The molecule has 1 aromatic carbocycles. The zero-order chi connectivity index (χ0) is 19.2. The van der Waals surface area contributed by atoms with Gasteiger partial charge in [-0.2, -0.15) is 0 Å². The van der Waals surface area contributed by atoms with E-state index in [4.69, 9.17) is 9.47 Å². The molecule has 0 spiro atoms. The molecule has 27 heavy (non-hydrogen) atoms. The number of hydrogen-bond donors (Lipinski definition) is 1. The Balaban J connectivity index is 1.71. The van der Waals surface area contributed by atoms with Crippen molar-refractivity contribution in [2.75, 3.05) is 11.9 Å². The number of aromatic nitrogens is 2. The van der Waals surface area contributed by atoms with Gasteiger partial charge >= 0.3 is 5.97 Å². The van der Waals surface area contributed by atoms with Crippen molar-refractivity contribution in [2.45, 2.75) is 20.8 Å². The molecule has 1 N–H and O–H groups in total. The number of nitrogens with zero attached hydrogens (tertiary/aromatic N) is 2. The molecule has 138 valence electrons. The van der Waals surface area contributed by atoms with Gasteiger partial charge in [0.05, 0.1) is 17.9 Å². The molecule has 0 aliphatic heterocycles. The summed E-state index contributed by atoms with van der Waals surface area (Å²) in [6, 6.07) is 14.4. The van der Waals surface area contributed by atoms with Gasteiger partial charge < -0.3 is 14.8 Å². The Labute approximate surface area is 158 Å². The molecule has 0 unspecified atom stereocenters. The second-order valence-corrected chi connectivity index (χ2v) is 5.94. The molecule has 6 heteroatoms. The fraction of sp³-hybridized carbons (Fsp3) is 0.190. The van der Waals surface area contributed by atoms with E-state index in [2.05, 4.69) is 15.3 Å². The Bertz CT molecular complexity index is 940. The van der Waals surface area contributed by atoms with Crippen LogP contribution >= 0.6 is 0 Å². The third-order valence-electron chi connectivity index (χ3n) is 3.80. The molecular weight excluding hydrogens is 342 g/mol. The van der Waals surface area contributed by atoms with Gasteiger partial charge in [0.1, 0.15) is 17.3 Å². The second-order valence-electron chi connectivity index (χ2n) is 5.94. The van der Waals surface area contributed by atoms with E-state index in [0.29, 0.717) is 29.5 Å². The molecule has 0 saturated heterocycles. The van der Waals surface area contributed by atoms with Crippen LogP contribution in [0.2, 0.25) is 0 Å². The highest BCUT2D eigenvalue weighted by Crippen LogP contribution is 2.26. The molecule has 6 nitrogen and oxygen atoms in total. The normalized spacial score (nSPS) is 10.3. The highest BCUT2D eigenvalue weighted by atomic mass is 16.5. The molecule has 3 aromatic rings. The van der Waals surface area contributed by atoms with Gasteiger partial charge in [0.15, 0.2) is 0 Å². The van der Waals surface area contributed by atoms with Crippen LogP contribution in [-0.4, -0.2) is 22.5 Å². The second kappa shape index (κ2) is 8.31. The van der Waals surface area contributed by atoms with Gasteiger partial charge in [-0.3, -0.25) is 4.98 Å². The number of aryl methyl sites for hydroxylation is 2. The van der Waals surface area contributed by atoms with Crippen molar-refractivity contribution in [3.05, 3.63) is 71.7 Å². The Morgan fingerprint density at radius 3 is 2.56 bits per heavy atom. The molecule has 0 amide bonds. The van der Waals surface area contributed by atoms with Crippen molar-refractivity contribution in [1.29, 1.82) is 0 Å². The first kappa shape index (κ1) is 18.4. The molecule has 3 rings (SSSR count). The number of carbonyl (C=O) groups is 1. The van der Waals surface area contributed by atoms with E-state index in [0.717, 1.165) is 17.1 Å². The van der Waals surface area contributed by atoms with E-state index in [1.54, 1.807) is 49.5 Å². The van der Waals surface area contributed by atoms with E-state index >= 15 is 0 Å².